The molecular formula is C27H23N5O5S. The maximum absolute atomic E-state index is 12.8. The van der Waals surface area contributed by atoms with Gasteiger partial charge in [0.15, 0.2) is 17.3 Å². The lowest BCUT2D eigenvalue weighted by Gasteiger charge is -2.20. The van der Waals surface area contributed by atoms with Gasteiger partial charge >= 0.3 is 0 Å². The minimum atomic E-state index is -0.508. The van der Waals surface area contributed by atoms with Crippen molar-refractivity contribution in [2.45, 2.75) is 0 Å². The number of carbonyl (C=O) groups excluding carboxylic acids is 1. The van der Waals surface area contributed by atoms with Crippen LogP contribution in [0.2, 0.25) is 0 Å². The number of aliphatic imine (C=N–C) groups is 1. The Hall–Kier alpha value is -4.64. The average Bonchev–Trinajstić information content (AvgIpc) is 3.39. The number of rotatable bonds is 9. The molecule has 38 heavy (non-hydrogen) atoms. The molecule has 2 aromatic carbocycles. The number of aromatic nitrogens is 1. The normalized spacial score (nSPS) is 15.6. The standard InChI is InChI=1S/C27H23N5O5S/c1-34-19-6-8-20(9-7-19)36-12-13-37-22-10-5-17(15-23(22)35-2)14-21-24(28)32-27(30-25(21)33)38-26(31-32)18-4-3-11-29-16-18/h3-11,14-16,28H,12-13H2,1-2H3. The fourth-order valence-corrected chi connectivity index (χ4v) is 4.52. The predicted molar refractivity (Wildman–Crippen MR) is 145 cm³/mol. The lowest BCUT2D eigenvalue weighted by Crippen LogP contribution is -2.35. The largest absolute Gasteiger partial charge is 0.497 e. The molecule has 2 aliphatic rings. The van der Waals surface area contributed by atoms with E-state index in [0.717, 1.165) is 11.3 Å². The summed E-state index contributed by atoms with van der Waals surface area (Å²) in [5.74, 6) is 1.92. The van der Waals surface area contributed by atoms with Crippen molar-refractivity contribution in [3.8, 4) is 23.0 Å². The van der Waals surface area contributed by atoms with Crippen LogP contribution in [0.1, 0.15) is 11.1 Å². The van der Waals surface area contributed by atoms with Crippen molar-refractivity contribution in [3.05, 3.63) is 83.7 Å². The van der Waals surface area contributed by atoms with Crippen molar-refractivity contribution >= 4 is 39.8 Å². The number of nitrogens with one attached hydrogen (secondary N) is 1. The number of fused-ring (bicyclic) bond motifs is 1. The van der Waals surface area contributed by atoms with E-state index in [4.69, 9.17) is 24.4 Å². The molecule has 3 heterocycles. The van der Waals surface area contributed by atoms with Gasteiger partial charge in [0.2, 0.25) is 5.17 Å². The van der Waals surface area contributed by atoms with Gasteiger partial charge in [0.25, 0.3) is 5.91 Å². The van der Waals surface area contributed by atoms with Crippen LogP contribution in [-0.2, 0) is 4.79 Å². The summed E-state index contributed by atoms with van der Waals surface area (Å²) >= 11 is 1.23. The van der Waals surface area contributed by atoms with E-state index in [1.165, 1.54) is 23.9 Å². The van der Waals surface area contributed by atoms with Crippen molar-refractivity contribution < 1.29 is 23.7 Å². The zero-order chi connectivity index (χ0) is 26.5. The van der Waals surface area contributed by atoms with Gasteiger partial charge < -0.3 is 18.9 Å². The molecule has 11 heteroatoms. The van der Waals surface area contributed by atoms with Crippen LogP contribution in [0.3, 0.4) is 0 Å². The highest BCUT2D eigenvalue weighted by Gasteiger charge is 2.36. The molecule has 5 rings (SSSR count). The predicted octanol–water partition coefficient (Wildman–Crippen LogP) is 4.22. The summed E-state index contributed by atoms with van der Waals surface area (Å²) in [7, 11) is 3.15. The van der Waals surface area contributed by atoms with Gasteiger partial charge in [-0.05, 0) is 71.9 Å². The van der Waals surface area contributed by atoms with Crippen LogP contribution in [0.15, 0.2) is 82.7 Å². The average molecular weight is 530 g/mol. The number of hydrogen-bond donors (Lipinski definition) is 1. The van der Waals surface area contributed by atoms with Gasteiger partial charge in [-0.3, -0.25) is 15.2 Å². The number of thioether (sulfide) groups is 1. The van der Waals surface area contributed by atoms with E-state index in [-0.39, 0.29) is 11.4 Å². The van der Waals surface area contributed by atoms with Crippen LogP contribution >= 0.6 is 11.8 Å². The Labute approximate surface area is 223 Å². The fraction of sp³-hybridized carbons (Fsp3) is 0.148. The summed E-state index contributed by atoms with van der Waals surface area (Å²) in [6.45, 7) is 0.635. The second kappa shape index (κ2) is 11.2. The van der Waals surface area contributed by atoms with Crippen molar-refractivity contribution in [3.63, 3.8) is 0 Å². The SMILES string of the molecule is COc1ccc(OCCOc2ccc(C=C3C(=N)N4N=C(c5cccnc5)SC4=NC3=O)cc2OC)cc1. The maximum atomic E-state index is 12.8. The van der Waals surface area contributed by atoms with Gasteiger partial charge in [-0.1, -0.05) is 6.07 Å². The number of benzene rings is 2. The van der Waals surface area contributed by atoms with Crippen LogP contribution in [0.25, 0.3) is 6.08 Å². The Kier molecular flexibility index (Phi) is 7.36. The van der Waals surface area contributed by atoms with Crippen molar-refractivity contribution in [1.29, 1.82) is 5.41 Å². The number of hydrazone groups is 1. The van der Waals surface area contributed by atoms with Crippen LogP contribution in [0.4, 0.5) is 0 Å². The first-order valence-corrected chi connectivity index (χ1v) is 12.4. The molecule has 3 aromatic rings. The summed E-state index contributed by atoms with van der Waals surface area (Å²) in [5.41, 5.74) is 1.56. The molecule has 1 N–H and O–H groups in total. The Bertz CT molecular complexity index is 1450. The number of pyridine rings is 1. The van der Waals surface area contributed by atoms with Crippen LogP contribution in [0.5, 0.6) is 23.0 Å². The lowest BCUT2D eigenvalue weighted by molar-refractivity contribution is -0.114. The molecule has 0 atom stereocenters. The lowest BCUT2D eigenvalue weighted by atomic mass is 10.1. The highest BCUT2D eigenvalue weighted by atomic mass is 32.2. The highest BCUT2D eigenvalue weighted by Crippen LogP contribution is 2.32. The van der Waals surface area contributed by atoms with Gasteiger partial charge in [0.1, 0.15) is 29.8 Å². The van der Waals surface area contributed by atoms with Crippen LogP contribution < -0.4 is 18.9 Å². The Morgan fingerprint density at radius 3 is 2.50 bits per heavy atom. The van der Waals surface area contributed by atoms with E-state index in [0.29, 0.717) is 46.2 Å². The van der Waals surface area contributed by atoms with Gasteiger partial charge in [-0.15, -0.1) is 0 Å². The molecule has 0 spiro atoms. The summed E-state index contributed by atoms with van der Waals surface area (Å²) < 4.78 is 22.2. The molecule has 0 saturated carbocycles. The van der Waals surface area contributed by atoms with E-state index in [1.807, 2.05) is 30.3 Å². The first-order valence-electron chi connectivity index (χ1n) is 11.5. The van der Waals surface area contributed by atoms with E-state index in [9.17, 15) is 4.79 Å². The zero-order valence-electron chi connectivity index (χ0n) is 20.6. The quantitative estimate of drug-likeness (QED) is 0.323. The maximum Gasteiger partial charge on any atom is 0.283 e. The smallest absolute Gasteiger partial charge is 0.283 e. The molecule has 0 saturated heterocycles. The minimum Gasteiger partial charge on any atom is -0.497 e. The summed E-state index contributed by atoms with van der Waals surface area (Å²) in [6.07, 6.45) is 4.93. The highest BCUT2D eigenvalue weighted by molar-refractivity contribution is 8.27. The van der Waals surface area contributed by atoms with E-state index >= 15 is 0 Å². The van der Waals surface area contributed by atoms with Crippen molar-refractivity contribution in [1.82, 2.24) is 9.99 Å². The molecule has 10 nitrogen and oxygen atoms in total. The minimum absolute atomic E-state index is 0.0543. The number of methoxy groups -OCH3 is 2. The molecule has 0 bridgehead atoms. The molecule has 1 aromatic heterocycles. The van der Waals surface area contributed by atoms with E-state index in [1.54, 1.807) is 49.8 Å². The van der Waals surface area contributed by atoms with E-state index < -0.39 is 5.91 Å². The third kappa shape index (κ3) is 5.37. The first-order chi connectivity index (χ1) is 18.6. The van der Waals surface area contributed by atoms with Crippen LogP contribution in [0, 0.1) is 5.41 Å². The summed E-state index contributed by atoms with van der Waals surface area (Å²) in [4.78, 5) is 21.0. The van der Waals surface area contributed by atoms with Gasteiger partial charge in [0.05, 0.1) is 19.8 Å². The molecule has 0 unspecified atom stereocenters. The van der Waals surface area contributed by atoms with Gasteiger partial charge in [0, 0.05) is 18.0 Å². The van der Waals surface area contributed by atoms with Gasteiger partial charge in [-0.25, -0.2) is 0 Å². The Morgan fingerprint density at radius 1 is 0.974 bits per heavy atom. The molecular weight excluding hydrogens is 506 g/mol. The summed E-state index contributed by atoms with van der Waals surface area (Å²) in [6, 6.07) is 16.2. The monoisotopic (exact) mass is 529 g/mol. The Balaban J connectivity index is 1.26. The second-order valence-electron chi connectivity index (χ2n) is 7.95. The number of amides is 1. The number of carbonyl (C=O) groups is 1. The molecule has 192 valence electrons. The topological polar surface area (TPSA) is 119 Å². The number of amidine groups is 2. The molecule has 0 radical (unpaired) electrons. The molecule has 0 aliphatic carbocycles. The second-order valence-corrected chi connectivity index (χ2v) is 8.91. The van der Waals surface area contributed by atoms with Crippen molar-refractivity contribution in [2.75, 3.05) is 27.4 Å². The Morgan fingerprint density at radius 2 is 1.76 bits per heavy atom. The zero-order valence-corrected chi connectivity index (χ0v) is 21.4. The number of ether oxygens (including phenoxy) is 4. The van der Waals surface area contributed by atoms with Crippen LogP contribution in [-0.4, -0.2) is 59.4 Å². The third-order valence-corrected chi connectivity index (χ3v) is 6.49. The first kappa shape index (κ1) is 25.0. The number of hydrogen-bond acceptors (Lipinski definition) is 9. The van der Waals surface area contributed by atoms with Gasteiger partial charge in [-0.2, -0.15) is 15.1 Å². The summed E-state index contributed by atoms with van der Waals surface area (Å²) in [5, 5.41) is 15.4. The third-order valence-electron chi connectivity index (χ3n) is 5.53. The molecule has 0 fully saturated rings. The molecule has 1 amide bonds. The fourth-order valence-electron chi connectivity index (χ4n) is 3.64. The number of nitrogens with zero attached hydrogens (tertiary/aromatic N) is 4. The molecule has 2 aliphatic heterocycles. The van der Waals surface area contributed by atoms with Crippen molar-refractivity contribution in [2.24, 2.45) is 10.1 Å². The van der Waals surface area contributed by atoms with E-state index in [2.05, 4.69) is 15.1 Å².